The van der Waals surface area contributed by atoms with Gasteiger partial charge in [0.05, 0.1) is 19.5 Å². The van der Waals surface area contributed by atoms with E-state index in [1.165, 1.54) is 19.3 Å². The zero-order valence-corrected chi connectivity index (χ0v) is 20.2. The van der Waals surface area contributed by atoms with Crippen LogP contribution in [0.1, 0.15) is 81.8 Å². The van der Waals surface area contributed by atoms with Gasteiger partial charge in [-0.1, -0.05) is 50.0 Å². The highest BCUT2D eigenvalue weighted by Crippen LogP contribution is 2.41. The minimum Gasteiger partial charge on any atom is -0.493 e. The van der Waals surface area contributed by atoms with Crippen molar-refractivity contribution in [3.8, 4) is 22.9 Å². The van der Waals surface area contributed by atoms with Gasteiger partial charge in [-0.25, -0.2) is 0 Å². The van der Waals surface area contributed by atoms with Crippen LogP contribution in [0, 0.1) is 0 Å². The molecular formula is C23H31N5O3S. The minimum absolute atomic E-state index is 0.0280. The lowest BCUT2D eigenvalue weighted by molar-refractivity contribution is 0.338. The Bertz CT molecular complexity index is 1040. The first-order valence-electron chi connectivity index (χ1n) is 11.2. The zero-order valence-electron chi connectivity index (χ0n) is 19.4. The highest BCUT2D eigenvalue weighted by Gasteiger charge is 2.27. The molecule has 1 aliphatic rings. The van der Waals surface area contributed by atoms with E-state index in [4.69, 9.17) is 14.0 Å². The fraction of sp³-hybridized carbons (Fsp3) is 0.565. The van der Waals surface area contributed by atoms with Crippen molar-refractivity contribution in [3.63, 3.8) is 0 Å². The molecule has 3 aromatic rings. The van der Waals surface area contributed by atoms with Gasteiger partial charge in [-0.2, -0.15) is 4.98 Å². The molecule has 0 saturated heterocycles. The van der Waals surface area contributed by atoms with Gasteiger partial charge in [0.15, 0.2) is 28.3 Å². The van der Waals surface area contributed by atoms with Crippen LogP contribution in [0.25, 0.3) is 11.4 Å². The highest BCUT2D eigenvalue weighted by molar-refractivity contribution is 7.99. The second-order valence-electron chi connectivity index (χ2n) is 8.44. The average Bonchev–Trinajstić information content (AvgIpc) is 3.47. The molecule has 32 heavy (non-hydrogen) atoms. The third-order valence-electron chi connectivity index (χ3n) is 5.85. The standard InChI is InChI=1S/C23H31N5O3S/c1-14(2)20-24-22(31-27-20)15(3)32-23-26-25-21(28(23)17-9-7-6-8-10-17)16-11-12-18(29-4)19(13-16)30-5/h11-15,17H,6-10H2,1-5H3. The molecule has 0 amide bonds. The van der Waals surface area contributed by atoms with Gasteiger partial charge in [-0.15, -0.1) is 10.2 Å². The second kappa shape index (κ2) is 9.94. The van der Waals surface area contributed by atoms with Crippen LogP contribution in [-0.2, 0) is 0 Å². The van der Waals surface area contributed by atoms with Crippen LogP contribution >= 0.6 is 11.8 Å². The molecule has 0 bridgehead atoms. The van der Waals surface area contributed by atoms with Crippen molar-refractivity contribution in [2.24, 2.45) is 0 Å². The Morgan fingerprint density at radius 1 is 1.03 bits per heavy atom. The number of benzene rings is 1. The van der Waals surface area contributed by atoms with Crippen molar-refractivity contribution in [3.05, 3.63) is 29.9 Å². The van der Waals surface area contributed by atoms with Crippen molar-refractivity contribution in [1.29, 1.82) is 0 Å². The summed E-state index contributed by atoms with van der Waals surface area (Å²) in [4.78, 5) is 4.57. The number of hydrogen-bond donors (Lipinski definition) is 0. The monoisotopic (exact) mass is 457 g/mol. The molecule has 1 atom stereocenters. The smallest absolute Gasteiger partial charge is 0.239 e. The quantitative estimate of drug-likeness (QED) is 0.391. The molecule has 172 valence electrons. The molecule has 0 N–H and O–H groups in total. The van der Waals surface area contributed by atoms with Crippen LogP contribution in [0.2, 0.25) is 0 Å². The van der Waals surface area contributed by atoms with E-state index in [0.29, 0.717) is 23.4 Å². The van der Waals surface area contributed by atoms with Crippen LogP contribution in [0.15, 0.2) is 27.9 Å². The lowest BCUT2D eigenvalue weighted by Crippen LogP contribution is -2.15. The Morgan fingerprint density at radius 2 is 1.78 bits per heavy atom. The van der Waals surface area contributed by atoms with Gasteiger partial charge in [0.2, 0.25) is 5.89 Å². The Labute approximate surface area is 193 Å². The molecule has 1 unspecified atom stereocenters. The maximum Gasteiger partial charge on any atom is 0.239 e. The number of methoxy groups -OCH3 is 2. The Kier molecular flexibility index (Phi) is 7.03. The highest BCUT2D eigenvalue weighted by atomic mass is 32.2. The lowest BCUT2D eigenvalue weighted by atomic mass is 9.95. The van der Waals surface area contributed by atoms with Crippen molar-refractivity contribution in [2.45, 2.75) is 75.2 Å². The lowest BCUT2D eigenvalue weighted by Gasteiger charge is -2.26. The molecule has 1 saturated carbocycles. The summed E-state index contributed by atoms with van der Waals surface area (Å²) in [7, 11) is 3.28. The summed E-state index contributed by atoms with van der Waals surface area (Å²) in [5.74, 6) is 3.79. The second-order valence-corrected chi connectivity index (χ2v) is 9.75. The van der Waals surface area contributed by atoms with E-state index in [0.717, 1.165) is 35.2 Å². The third-order valence-corrected chi connectivity index (χ3v) is 6.89. The molecule has 9 heteroatoms. The molecule has 1 aliphatic carbocycles. The SMILES string of the molecule is COc1ccc(-c2nnc(SC(C)c3nc(C(C)C)no3)n2C2CCCCC2)cc1OC. The van der Waals surface area contributed by atoms with Gasteiger partial charge in [0.1, 0.15) is 0 Å². The number of hydrogen-bond acceptors (Lipinski definition) is 8. The summed E-state index contributed by atoms with van der Waals surface area (Å²) in [6.07, 6.45) is 5.96. The van der Waals surface area contributed by atoms with Gasteiger partial charge < -0.3 is 14.0 Å². The number of ether oxygens (including phenoxy) is 2. The number of thioether (sulfide) groups is 1. The van der Waals surface area contributed by atoms with Crippen molar-refractivity contribution < 1.29 is 14.0 Å². The average molecular weight is 458 g/mol. The molecule has 2 aromatic heterocycles. The normalized spacial score (nSPS) is 15.8. The summed E-state index contributed by atoms with van der Waals surface area (Å²) in [6, 6.07) is 6.25. The number of aromatic nitrogens is 5. The first kappa shape index (κ1) is 22.6. The van der Waals surface area contributed by atoms with Gasteiger partial charge in [0, 0.05) is 17.5 Å². The van der Waals surface area contributed by atoms with Crippen molar-refractivity contribution >= 4 is 11.8 Å². The van der Waals surface area contributed by atoms with E-state index >= 15 is 0 Å². The molecular weight excluding hydrogens is 426 g/mol. The van der Waals surface area contributed by atoms with Gasteiger partial charge in [-0.3, -0.25) is 4.57 Å². The van der Waals surface area contributed by atoms with E-state index < -0.39 is 0 Å². The molecule has 8 nitrogen and oxygen atoms in total. The molecule has 0 radical (unpaired) electrons. The van der Waals surface area contributed by atoms with E-state index in [-0.39, 0.29) is 11.2 Å². The zero-order chi connectivity index (χ0) is 22.7. The first-order valence-corrected chi connectivity index (χ1v) is 12.1. The maximum atomic E-state index is 5.52. The topological polar surface area (TPSA) is 88.1 Å². The molecule has 2 heterocycles. The Balaban J connectivity index is 1.69. The van der Waals surface area contributed by atoms with E-state index in [2.05, 4.69) is 45.7 Å². The molecule has 1 aromatic carbocycles. The fourth-order valence-electron chi connectivity index (χ4n) is 4.05. The van der Waals surface area contributed by atoms with Gasteiger partial charge in [-0.05, 0) is 38.0 Å². The Hall–Kier alpha value is -2.55. The van der Waals surface area contributed by atoms with E-state index in [1.54, 1.807) is 26.0 Å². The van der Waals surface area contributed by atoms with Gasteiger partial charge in [0.25, 0.3) is 0 Å². The van der Waals surface area contributed by atoms with E-state index in [9.17, 15) is 0 Å². The van der Waals surface area contributed by atoms with Crippen molar-refractivity contribution in [2.75, 3.05) is 14.2 Å². The molecule has 1 fully saturated rings. The summed E-state index contributed by atoms with van der Waals surface area (Å²) < 4.78 is 18.7. The summed E-state index contributed by atoms with van der Waals surface area (Å²) in [5, 5.41) is 14.1. The molecule has 0 aliphatic heterocycles. The molecule has 0 spiro atoms. The van der Waals surface area contributed by atoms with Crippen LogP contribution < -0.4 is 9.47 Å². The Morgan fingerprint density at radius 3 is 2.44 bits per heavy atom. The predicted octanol–water partition coefficient (Wildman–Crippen LogP) is 5.83. The largest absolute Gasteiger partial charge is 0.493 e. The summed E-state index contributed by atoms with van der Waals surface area (Å²) in [5.41, 5.74) is 0.958. The van der Waals surface area contributed by atoms with Gasteiger partial charge >= 0.3 is 0 Å². The minimum atomic E-state index is -0.0280. The number of nitrogens with zero attached hydrogens (tertiary/aromatic N) is 5. The third kappa shape index (κ3) is 4.62. The summed E-state index contributed by atoms with van der Waals surface area (Å²) in [6.45, 7) is 6.18. The predicted molar refractivity (Wildman–Crippen MR) is 123 cm³/mol. The first-order chi connectivity index (χ1) is 15.5. The molecule has 4 rings (SSSR count). The van der Waals surface area contributed by atoms with E-state index in [1.807, 2.05) is 18.2 Å². The van der Waals surface area contributed by atoms with Crippen LogP contribution in [0.4, 0.5) is 0 Å². The number of rotatable bonds is 8. The van der Waals surface area contributed by atoms with Crippen LogP contribution in [-0.4, -0.2) is 39.1 Å². The van der Waals surface area contributed by atoms with Crippen LogP contribution in [0.3, 0.4) is 0 Å². The maximum absolute atomic E-state index is 5.52. The van der Waals surface area contributed by atoms with Crippen molar-refractivity contribution in [1.82, 2.24) is 24.9 Å². The fourth-order valence-corrected chi connectivity index (χ4v) is 5.00. The van der Waals surface area contributed by atoms with Crippen LogP contribution in [0.5, 0.6) is 11.5 Å². The summed E-state index contributed by atoms with van der Waals surface area (Å²) >= 11 is 1.61.